The predicted octanol–water partition coefficient (Wildman–Crippen LogP) is 7.57. The zero-order valence-corrected chi connectivity index (χ0v) is 71.9. The standard InChI is InChI=1S/C13H8BrF2NO3.C12H7BrF2N2O3.C7H6ClNO2.2C6H3BrF2O.C6H5ClN2O2.2C2H2O3S2.2CH3F.B10.B9/c1-19-13(18)8-6-17-3-2-11(8)20-12-9(15)4-7(14)5-10(12)16;1-19-12(18)9-11(17-3-2-16-9)20-10-7(14)4-6(13)5-8(10)15;1-11-7(10)5-4-9-3-2-6(5)8;2*7-3-1-4(8)6(10)5(9)2-3;1-11-6(10)4-5(7)9-3-2-8-4;2*3-1-7(4,5)2-6;2*1-2;1-7(2)10(8(3)4)9(5)6;1-6-9(7(2)3)8(4)5/h2-6H,1H3;2-5H,1H3;2-4H,1H3;2*1-2,10H;2-3H,1H3;2*1H,(H,4,5);2*1H3;;/i;;;;;;;;2*1D;;. The molecule has 4 N–H and O–H groups in total. The summed E-state index contributed by atoms with van der Waals surface area (Å²) < 4.78 is 203. The van der Waals surface area contributed by atoms with Crippen molar-refractivity contribution in [2.45, 2.75) is 0 Å². The summed E-state index contributed by atoms with van der Waals surface area (Å²) in [6.07, 6.45) is 6.71. The van der Waals surface area contributed by atoms with Gasteiger partial charge in [0.2, 0.25) is 22.7 Å². The van der Waals surface area contributed by atoms with Crippen molar-refractivity contribution in [1.29, 1.82) is 0 Å². The molecule has 597 valence electrons. The number of halogens is 16. The van der Waals surface area contributed by atoms with Crippen molar-refractivity contribution in [3.05, 3.63) is 207 Å². The van der Waals surface area contributed by atoms with Crippen molar-refractivity contribution in [2.75, 3.05) is 42.7 Å². The highest BCUT2D eigenvalue weighted by molar-refractivity contribution is 9.11. The Morgan fingerprint density at radius 2 is 0.807 bits per heavy atom. The maximum absolute atomic E-state index is 13.7. The van der Waals surface area contributed by atoms with E-state index in [1.54, 1.807) is 0 Å². The van der Waals surface area contributed by atoms with E-state index in [0.29, 0.717) is 5.02 Å². The van der Waals surface area contributed by atoms with Crippen LogP contribution in [-0.4, -0.2) is 281 Å². The van der Waals surface area contributed by atoms with E-state index in [0.717, 1.165) is 55.6 Å². The van der Waals surface area contributed by atoms with Crippen LogP contribution in [0.3, 0.4) is 0 Å². The lowest BCUT2D eigenvalue weighted by atomic mass is 8.58. The molecule has 4 aromatic heterocycles. The first-order valence-electron chi connectivity index (χ1n) is 31.3. The summed E-state index contributed by atoms with van der Waals surface area (Å²) in [7, 11) is 55.1. The van der Waals surface area contributed by atoms with Gasteiger partial charge in [0.1, 0.15) is 11.3 Å². The molecule has 4 aromatic carbocycles. The summed E-state index contributed by atoms with van der Waals surface area (Å²) in [5.41, 5.74) is -0.262. The Hall–Kier alpha value is -6.99. The van der Waals surface area contributed by atoms with E-state index >= 15 is 0 Å². The maximum Gasteiger partial charge on any atom is 0.362 e. The van der Waals surface area contributed by atoms with Gasteiger partial charge in [-0.2, -0.15) is 0 Å². The highest BCUT2D eigenvalue weighted by Crippen LogP contribution is 2.34. The summed E-state index contributed by atoms with van der Waals surface area (Å²) in [6, 6.07) is 10.9. The Morgan fingerprint density at radius 1 is 0.504 bits per heavy atom. The largest absolute Gasteiger partial charge is 0.503 e. The number of alkyl halides is 2. The fourth-order valence-corrected chi connectivity index (χ4v) is 8.70. The molecule has 0 aliphatic carbocycles. The van der Waals surface area contributed by atoms with Crippen LogP contribution in [0.2, 0.25) is 10.2 Å². The van der Waals surface area contributed by atoms with E-state index in [-0.39, 0.29) is 74.8 Å². The minimum Gasteiger partial charge on any atom is -0.503 e. The molecule has 0 aliphatic heterocycles. The lowest BCUT2D eigenvalue weighted by Crippen LogP contribution is -2.62. The molecule has 2 unspecified atom stereocenters. The molecule has 2 atom stereocenters. The SMILES string of the molecule is COC(=O)c1cnccc1Cl.COC(=O)c1cnccc1Oc1c(F)cc(Br)cc1F.COC(=O)c1nccnc1Cl.COC(=O)c1nccnc1Oc1c(F)cc(Br)cc1F.O=CS(=O)(O)=C=S.O=CS(=O)(O)=C=S.Oc1c(F)cc(Br)cc1F.Oc1c(F)cc(Br)cc1F.[2H]CF.[2H]CF.[B]B([B])B(B([B])[B])B([B])[B].[B][B]B(B([B])[B])B([B])[B]. The van der Waals surface area contributed by atoms with Gasteiger partial charge in [-0.15, -0.1) is 0 Å². The van der Waals surface area contributed by atoms with Crippen LogP contribution in [0.5, 0.6) is 34.6 Å². The van der Waals surface area contributed by atoms with Crippen molar-refractivity contribution in [2.24, 2.45) is 0 Å². The number of nitrogens with zero attached hydrogens (tertiary/aromatic N) is 6. The zero-order valence-electron chi connectivity index (χ0n) is 62.8. The number of hydrogen-bond acceptors (Lipinski definition) is 24. The summed E-state index contributed by atoms with van der Waals surface area (Å²) in [4.78, 5) is 85.7. The van der Waals surface area contributed by atoms with E-state index in [2.05, 4.69) is 137 Å². The molecular weight excluding hydrogens is 1960 g/mol. The number of benzene rings is 4. The third kappa shape index (κ3) is 47.3. The Kier molecular flexibility index (Phi) is 61.2. The first-order chi connectivity index (χ1) is 56.4. The van der Waals surface area contributed by atoms with Crippen molar-refractivity contribution in [1.82, 2.24) is 29.9 Å². The number of carbonyl (C=O) groups excluding carboxylic acids is 6. The number of methoxy groups -OCH3 is 4. The summed E-state index contributed by atoms with van der Waals surface area (Å²) >= 11 is 30.6. The average molecular weight is 2000 g/mol. The number of esters is 4. The molecule has 8 rings (SSSR count). The van der Waals surface area contributed by atoms with Crippen LogP contribution in [-0.2, 0) is 48.1 Å². The van der Waals surface area contributed by atoms with Gasteiger partial charge in [0.05, 0.1) is 56.1 Å². The minimum atomic E-state index is -3.52. The van der Waals surface area contributed by atoms with E-state index < -0.39 is 166 Å². The number of aromatic nitrogens is 6. The van der Waals surface area contributed by atoms with Crippen LogP contribution in [0.4, 0.5) is 43.9 Å². The molecule has 8 aromatic rings. The normalized spacial score (nSPS) is 10.4. The lowest BCUT2D eigenvalue weighted by molar-refractivity contribution is 0.0582. The molecule has 0 aliphatic rings. The van der Waals surface area contributed by atoms with Gasteiger partial charge in [0.15, 0.2) is 94.2 Å². The number of carbonyl (C=O) groups is 6. The van der Waals surface area contributed by atoms with E-state index in [9.17, 15) is 81.1 Å². The van der Waals surface area contributed by atoms with E-state index in [1.165, 1.54) is 98.7 Å². The molecule has 119 heavy (non-hydrogen) atoms. The second-order valence-electron chi connectivity index (χ2n) is 19.9. The van der Waals surface area contributed by atoms with E-state index in [4.69, 9.17) is 140 Å². The van der Waals surface area contributed by atoms with Gasteiger partial charge >= 0.3 is 23.9 Å². The Labute approximate surface area is 751 Å². The zero-order chi connectivity index (χ0) is 94.4. The van der Waals surface area contributed by atoms with Crippen molar-refractivity contribution in [3.8, 4) is 34.6 Å². The highest BCUT2D eigenvalue weighted by Gasteiger charge is 2.26. The molecule has 0 saturated carbocycles. The molecule has 63 heteroatoms. The number of ether oxygens (including phenoxy) is 6. The number of phenols is 2. The number of aromatic hydroxyl groups is 2. The van der Waals surface area contributed by atoms with Crippen molar-refractivity contribution < 1.29 is 132 Å². The van der Waals surface area contributed by atoms with Crippen LogP contribution in [0.25, 0.3) is 0 Å². The van der Waals surface area contributed by atoms with Gasteiger partial charge in [0.25, 0.3) is 5.88 Å². The number of hydrogen-bond donors (Lipinski definition) is 4. The fraction of sp³-hybridized carbons (Fsp3) is 0.107. The van der Waals surface area contributed by atoms with Crippen LogP contribution >= 0.6 is 111 Å². The van der Waals surface area contributed by atoms with Crippen LogP contribution in [0.15, 0.2) is 128 Å². The number of thiocarbonyl (C=S) groups is 2. The second-order valence-corrected chi connectivity index (χ2v) is 28.3. The van der Waals surface area contributed by atoms with Gasteiger partial charge in [0, 0.05) is 219 Å². The monoisotopic (exact) mass is 2000 g/mol. The second kappa shape index (κ2) is 63.9. The minimum absolute atomic E-state index is 0.0308. The molecule has 0 spiro atoms. The van der Waals surface area contributed by atoms with Gasteiger partial charge in [-0.1, -0.05) is 86.9 Å². The topological polar surface area (TPSA) is 350 Å². The molecule has 0 saturated heterocycles. The summed E-state index contributed by atoms with van der Waals surface area (Å²) in [5.74, 6) is -13.7. The lowest BCUT2D eigenvalue weighted by Gasteiger charge is -2.23. The Morgan fingerprint density at radius 3 is 1.09 bits per heavy atom. The highest BCUT2D eigenvalue weighted by atomic mass is 79.9. The third-order valence-corrected chi connectivity index (χ3v) is 16.5. The molecule has 0 bridgehead atoms. The van der Waals surface area contributed by atoms with Gasteiger partial charge in [-0.25, -0.2) is 82.7 Å². The van der Waals surface area contributed by atoms with Gasteiger partial charge in [-0.3, -0.25) is 28.3 Å². The van der Waals surface area contributed by atoms with Crippen LogP contribution in [0, 0.1) is 46.5 Å². The molecular formula is C56H42B19Br4Cl2F10N6O18S4. The summed E-state index contributed by atoms with van der Waals surface area (Å²) in [6.45, 7) is 0. The number of phenolic OH excluding ortho intramolecular Hbond substituents is 2. The fourth-order valence-electron chi connectivity index (χ4n) is 6.41. The maximum atomic E-state index is 13.7. The summed E-state index contributed by atoms with van der Waals surface area (Å²) in [5, 5.41) is 17.5. The number of pyridine rings is 2. The van der Waals surface area contributed by atoms with E-state index in [1.807, 2.05) is 0 Å². The van der Waals surface area contributed by atoms with Gasteiger partial charge in [-0.05, 0) is 79.0 Å². The van der Waals surface area contributed by atoms with Crippen molar-refractivity contribution in [3.63, 3.8) is 0 Å². The third-order valence-electron chi connectivity index (χ3n) is 11.7. The smallest absolute Gasteiger partial charge is 0.362 e. The van der Waals surface area contributed by atoms with Crippen molar-refractivity contribution >= 4 is 312 Å². The quantitative estimate of drug-likeness (QED) is 0.0181. The van der Waals surface area contributed by atoms with Gasteiger partial charge < -0.3 is 47.7 Å². The predicted molar refractivity (Wildman–Crippen MR) is 471 cm³/mol. The molecule has 24 nitrogen and oxygen atoms in total. The molecule has 0 fully saturated rings. The molecule has 23 radical (unpaired) electrons. The number of rotatable bonds is 16. The first kappa shape index (κ1) is 114. The Bertz CT molecular complexity index is 4570. The molecule has 4 heterocycles. The van der Waals surface area contributed by atoms with Crippen LogP contribution < -0.4 is 9.47 Å². The average Bonchev–Trinajstić information content (AvgIpc) is 0.825. The van der Waals surface area contributed by atoms with Crippen LogP contribution in [0.1, 0.15) is 44.4 Å². The Balaban J connectivity index is -0.000000636. The first-order valence-corrected chi connectivity index (χ1v) is 37.8. The molecule has 0 amide bonds.